The van der Waals surface area contributed by atoms with Crippen molar-refractivity contribution in [3.05, 3.63) is 24.3 Å². The number of hydrogen-bond acceptors (Lipinski definition) is 6. The van der Waals surface area contributed by atoms with Crippen LogP contribution >= 0.6 is 0 Å². The summed E-state index contributed by atoms with van der Waals surface area (Å²) in [6, 6.07) is 5.80. The zero-order valence-corrected chi connectivity index (χ0v) is 13.0. The van der Waals surface area contributed by atoms with Crippen molar-refractivity contribution in [2.75, 3.05) is 20.3 Å². The predicted octanol–water partition coefficient (Wildman–Crippen LogP) is 0.899. The lowest BCUT2D eigenvalue weighted by Gasteiger charge is -2.14. The molecule has 1 unspecified atom stereocenters. The molecule has 0 spiro atoms. The largest absolute Gasteiger partial charge is 0.468 e. The van der Waals surface area contributed by atoms with Crippen LogP contribution in [0.1, 0.15) is 13.8 Å². The maximum Gasteiger partial charge on any atom is 0.320 e. The fraction of sp³-hybridized carbons (Fsp3) is 0.462. The lowest BCUT2D eigenvalue weighted by Crippen LogP contribution is -2.30. The van der Waals surface area contributed by atoms with E-state index in [1.54, 1.807) is 6.92 Å². The van der Waals surface area contributed by atoms with E-state index < -0.39 is 28.8 Å². The Bertz CT molecular complexity index is 555. The summed E-state index contributed by atoms with van der Waals surface area (Å²) in [7, 11) is -2.58. The maximum absolute atomic E-state index is 11.9. The topological polar surface area (TPSA) is 90.9 Å². The molecule has 0 saturated heterocycles. The van der Waals surface area contributed by atoms with Crippen molar-refractivity contribution in [1.82, 2.24) is 4.72 Å². The molecule has 0 bridgehead atoms. The van der Waals surface area contributed by atoms with Crippen LogP contribution in [0.25, 0.3) is 0 Å². The van der Waals surface area contributed by atoms with Crippen molar-refractivity contribution in [1.29, 1.82) is 0 Å². The minimum absolute atomic E-state index is 0.0304. The molecule has 118 valence electrons. The SMILES string of the molecule is CCOC(C)Oc1ccc(S(=O)(=O)NCC(=O)OC)cc1. The van der Waals surface area contributed by atoms with Crippen molar-refractivity contribution >= 4 is 16.0 Å². The van der Waals surface area contributed by atoms with Gasteiger partial charge in [-0.15, -0.1) is 0 Å². The highest BCUT2D eigenvalue weighted by atomic mass is 32.2. The first-order valence-corrected chi connectivity index (χ1v) is 7.82. The summed E-state index contributed by atoms with van der Waals surface area (Å²) in [6.45, 7) is 3.69. The number of rotatable bonds is 8. The quantitative estimate of drug-likeness (QED) is 0.566. The van der Waals surface area contributed by atoms with E-state index >= 15 is 0 Å². The molecule has 8 heteroatoms. The smallest absolute Gasteiger partial charge is 0.320 e. The van der Waals surface area contributed by atoms with Crippen molar-refractivity contribution in [3.63, 3.8) is 0 Å². The van der Waals surface area contributed by atoms with Crippen molar-refractivity contribution in [3.8, 4) is 5.75 Å². The first-order chi connectivity index (χ1) is 9.89. The summed E-state index contributed by atoms with van der Waals surface area (Å²) in [6.07, 6.45) is -0.421. The molecule has 1 atom stereocenters. The average molecular weight is 317 g/mol. The van der Waals surface area contributed by atoms with Crippen LogP contribution in [-0.2, 0) is 24.3 Å². The Morgan fingerprint density at radius 3 is 2.43 bits per heavy atom. The summed E-state index contributed by atoms with van der Waals surface area (Å²) < 4.78 is 41.0. The molecule has 0 aliphatic rings. The fourth-order valence-electron chi connectivity index (χ4n) is 1.47. The van der Waals surface area contributed by atoms with Gasteiger partial charge in [-0.25, -0.2) is 8.42 Å². The standard InChI is InChI=1S/C13H19NO6S/c1-4-19-10(2)20-11-5-7-12(8-6-11)21(16,17)14-9-13(15)18-3/h5-8,10,14H,4,9H2,1-3H3. The normalized spacial score (nSPS) is 12.7. The van der Waals surface area contributed by atoms with Gasteiger partial charge in [0.1, 0.15) is 12.3 Å². The molecule has 1 N–H and O–H groups in total. The van der Waals surface area contributed by atoms with Gasteiger partial charge in [-0.3, -0.25) is 4.79 Å². The third-order valence-corrected chi connectivity index (χ3v) is 3.89. The summed E-state index contributed by atoms with van der Waals surface area (Å²) in [5.41, 5.74) is 0. The zero-order valence-electron chi connectivity index (χ0n) is 12.2. The molecule has 0 aromatic heterocycles. The highest BCUT2D eigenvalue weighted by molar-refractivity contribution is 7.89. The van der Waals surface area contributed by atoms with Gasteiger partial charge in [-0.2, -0.15) is 4.72 Å². The molecular weight excluding hydrogens is 298 g/mol. The summed E-state index contributed by atoms with van der Waals surface area (Å²) in [5, 5.41) is 0. The van der Waals surface area contributed by atoms with Crippen LogP contribution in [0, 0.1) is 0 Å². The number of carbonyl (C=O) groups is 1. The number of sulfonamides is 1. The third kappa shape index (κ3) is 5.70. The van der Waals surface area contributed by atoms with Crippen LogP contribution in [0.2, 0.25) is 0 Å². The Labute approximate surface area is 124 Å². The second-order valence-corrected chi connectivity index (χ2v) is 5.78. The summed E-state index contributed by atoms with van der Waals surface area (Å²) in [5.74, 6) is -0.174. The Morgan fingerprint density at radius 2 is 1.90 bits per heavy atom. The highest BCUT2D eigenvalue weighted by Gasteiger charge is 2.16. The predicted molar refractivity (Wildman–Crippen MR) is 75.4 cm³/mol. The Morgan fingerprint density at radius 1 is 1.29 bits per heavy atom. The maximum atomic E-state index is 11.9. The van der Waals surface area contributed by atoms with Crippen LogP contribution in [0.15, 0.2) is 29.2 Å². The number of ether oxygens (including phenoxy) is 3. The van der Waals surface area contributed by atoms with Gasteiger partial charge < -0.3 is 14.2 Å². The number of nitrogens with one attached hydrogen (secondary N) is 1. The molecular formula is C13H19NO6S. The second-order valence-electron chi connectivity index (χ2n) is 4.01. The first kappa shape index (κ1) is 17.4. The Kier molecular flexibility index (Phi) is 6.60. The number of methoxy groups -OCH3 is 1. The van der Waals surface area contributed by atoms with Crippen LogP contribution in [-0.4, -0.2) is 40.9 Å². The van der Waals surface area contributed by atoms with Gasteiger partial charge in [-0.05, 0) is 38.1 Å². The van der Waals surface area contributed by atoms with E-state index in [1.165, 1.54) is 31.4 Å². The molecule has 0 heterocycles. The van der Waals surface area contributed by atoms with Gasteiger partial charge in [-0.1, -0.05) is 0 Å². The van der Waals surface area contributed by atoms with Crippen LogP contribution in [0.4, 0.5) is 0 Å². The molecule has 0 fully saturated rings. The minimum atomic E-state index is -3.76. The van der Waals surface area contributed by atoms with Crippen LogP contribution in [0.5, 0.6) is 5.75 Å². The van der Waals surface area contributed by atoms with E-state index in [9.17, 15) is 13.2 Å². The monoisotopic (exact) mass is 317 g/mol. The molecule has 1 rings (SSSR count). The number of esters is 1. The van der Waals surface area contributed by atoms with Gasteiger partial charge in [0.2, 0.25) is 10.0 Å². The van der Waals surface area contributed by atoms with E-state index in [0.717, 1.165) is 0 Å². The summed E-state index contributed by atoms with van der Waals surface area (Å²) >= 11 is 0. The molecule has 1 aromatic carbocycles. The Hall–Kier alpha value is -1.64. The van der Waals surface area contributed by atoms with E-state index in [0.29, 0.717) is 12.4 Å². The third-order valence-electron chi connectivity index (χ3n) is 2.47. The van der Waals surface area contributed by atoms with Gasteiger partial charge in [0.05, 0.1) is 12.0 Å². The fourth-order valence-corrected chi connectivity index (χ4v) is 2.44. The minimum Gasteiger partial charge on any atom is -0.468 e. The molecule has 0 aliphatic carbocycles. The van der Waals surface area contributed by atoms with Gasteiger partial charge in [0, 0.05) is 6.61 Å². The van der Waals surface area contributed by atoms with E-state index in [1.807, 2.05) is 6.92 Å². The lowest BCUT2D eigenvalue weighted by molar-refractivity contribution is -0.139. The zero-order chi connectivity index (χ0) is 15.9. The second kappa shape index (κ2) is 7.96. The average Bonchev–Trinajstić information content (AvgIpc) is 2.45. The molecule has 21 heavy (non-hydrogen) atoms. The van der Waals surface area contributed by atoms with E-state index in [2.05, 4.69) is 9.46 Å². The molecule has 0 aliphatic heterocycles. The van der Waals surface area contributed by atoms with Crippen molar-refractivity contribution < 1.29 is 27.4 Å². The molecule has 0 amide bonds. The van der Waals surface area contributed by atoms with Gasteiger partial charge >= 0.3 is 5.97 Å². The molecule has 0 radical (unpaired) electrons. The van der Waals surface area contributed by atoms with E-state index in [-0.39, 0.29) is 4.90 Å². The molecule has 0 saturated carbocycles. The summed E-state index contributed by atoms with van der Waals surface area (Å²) in [4.78, 5) is 11.0. The van der Waals surface area contributed by atoms with Crippen molar-refractivity contribution in [2.24, 2.45) is 0 Å². The molecule has 1 aromatic rings. The molecule has 7 nitrogen and oxygen atoms in total. The number of carbonyl (C=O) groups excluding carboxylic acids is 1. The lowest BCUT2D eigenvalue weighted by atomic mass is 10.3. The number of benzene rings is 1. The Balaban J connectivity index is 2.70. The van der Waals surface area contributed by atoms with Crippen molar-refractivity contribution in [2.45, 2.75) is 25.0 Å². The van der Waals surface area contributed by atoms with Crippen LogP contribution in [0.3, 0.4) is 0 Å². The van der Waals surface area contributed by atoms with Gasteiger partial charge in [0.25, 0.3) is 0 Å². The van der Waals surface area contributed by atoms with Gasteiger partial charge in [0.15, 0.2) is 6.29 Å². The number of hydrogen-bond donors (Lipinski definition) is 1. The highest BCUT2D eigenvalue weighted by Crippen LogP contribution is 2.17. The first-order valence-electron chi connectivity index (χ1n) is 6.34. The van der Waals surface area contributed by atoms with E-state index in [4.69, 9.17) is 9.47 Å². The van der Waals surface area contributed by atoms with Crippen LogP contribution < -0.4 is 9.46 Å².